The fourth-order valence-electron chi connectivity index (χ4n) is 6.11. The summed E-state index contributed by atoms with van der Waals surface area (Å²) in [6.07, 6.45) is 8.66. The molecule has 2 aromatic carbocycles. The van der Waals surface area contributed by atoms with Crippen LogP contribution in [0.15, 0.2) is 71.3 Å². The number of aromatic nitrogens is 1. The fraction of sp³-hybridized carbons (Fsp3) is 0.484. The molecule has 0 amide bonds. The Hall–Kier alpha value is -2.80. The highest BCUT2D eigenvalue weighted by Gasteiger charge is 2.45. The predicted octanol–water partition coefficient (Wildman–Crippen LogP) is 4.32. The van der Waals surface area contributed by atoms with E-state index in [0.717, 1.165) is 69.5 Å². The molecule has 198 valence electrons. The first-order valence-corrected chi connectivity index (χ1v) is 13.7. The van der Waals surface area contributed by atoms with Crippen molar-refractivity contribution in [3.8, 4) is 0 Å². The molecule has 37 heavy (non-hydrogen) atoms. The second-order valence-electron chi connectivity index (χ2n) is 10.4. The average Bonchev–Trinajstić information content (AvgIpc) is 3.67. The van der Waals surface area contributed by atoms with Gasteiger partial charge in [-0.2, -0.15) is 0 Å². The largest absolute Gasteiger partial charge is 0.436 e. The highest BCUT2D eigenvalue weighted by atomic mass is 16.5. The molecule has 0 bridgehead atoms. The van der Waals surface area contributed by atoms with Crippen LogP contribution in [0.4, 0.5) is 0 Å². The van der Waals surface area contributed by atoms with E-state index in [0.29, 0.717) is 18.4 Å². The SMILES string of the molecule is C=O.CCC1CC[NH+](Cc2cnc(C(O)(c3ccccc3)C3CCCC3)o2)CC1OCc1ccccc1. The number of piperidine rings is 1. The maximum absolute atomic E-state index is 12.0. The maximum Gasteiger partial charge on any atom is 0.231 e. The number of likely N-dealkylation sites (tertiary alicyclic amines) is 1. The first-order valence-electron chi connectivity index (χ1n) is 13.7. The Labute approximate surface area is 220 Å². The molecule has 2 fully saturated rings. The molecule has 6 nitrogen and oxygen atoms in total. The van der Waals surface area contributed by atoms with Crippen LogP contribution in [-0.2, 0) is 28.3 Å². The second kappa shape index (κ2) is 13.1. The van der Waals surface area contributed by atoms with Crippen LogP contribution < -0.4 is 4.90 Å². The minimum Gasteiger partial charge on any atom is -0.436 e. The van der Waals surface area contributed by atoms with Gasteiger partial charge in [-0.15, -0.1) is 0 Å². The quantitative estimate of drug-likeness (QED) is 0.453. The van der Waals surface area contributed by atoms with Crippen molar-refractivity contribution in [2.75, 3.05) is 13.1 Å². The number of benzene rings is 2. The molecule has 0 spiro atoms. The highest BCUT2D eigenvalue weighted by molar-refractivity contribution is 5.30. The molecule has 1 aromatic heterocycles. The molecule has 4 unspecified atom stereocenters. The number of hydrogen-bond acceptors (Lipinski definition) is 5. The van der Waals surface area contributed by atoms with Crippen LogP contribution in [0.3, 0.4) is 0 Å². The van der Waals surface area contributed by atoms with Gasteiger partial charge in [0.05, 0.1) is 19.3 Å². The second-order valence-corrected chi connectivity index (χ2v) is 10.4. The minimum atomic E-state index is -1.16. The van der Waals surface area contributed by atoms with Gasteiger partial charge in [-0.25, -0.2) is 4.98 Å². The molecule has 1 aliphatic carbocycles. The van der Waals surface area contributed by atoms with E-state index in [-0.39, 0.29) is 12.0 Å². The number of aliphatic hydroxyl groups is 1. The number of ether oxygens (including phenoxy) is 1. The molecule has 5 rings (SSSR count). The number of oxazole rings is 1. The smallest absolute Gasteiger partial charge is 0.231 e. The summed E-state index contributed by atoms with van der Waals surface area (Å²) in [5.41, 5.74) is 0.939. The van der Waals surface area contributed by atoms with Gasteiger partial charge in [0.1, 0.15) is 26.0 Å². The van der Waals surface area contributed by atoms with Crippen LogP contribution in [0.2, 0.25) is 0 Å². The first-order chi connectivity index (χ1) is 18.2. The number of quaternary nitrogens is 1. The van der Waals surface area contributed by atoms with Gasteiger partial charge in [0.25, 0.3) is 0 Å². The monoisotopic (exact) mass is 505 g/mol. The lowest BCUT2D eigenvalue weighted by Gasteiger charge is -2.35. The lowest BCUT2D eigenvalue weighted by molar-refractivity contribution is -0.924. The number of hydrogen-bond donors (Lipinski definition) is 2. The summed E-state index contributed by atoms with van der Waals surface area (Å²) < 4.78 is 12.7. The van der Waals surface area contributed by atoms with Crippen LogP contribution >= 0.6 is 0 Å². The molecular weight excluding hydrogens is 464 g/mol. The summed E-state index contributed by atoms with van der Waals surface area (Å²) in [5, 5.41) is 12.0. The van der Waals surface area contributed by atoms with Crippen molar-refractivity contribution >= 4 is 6.79 Å². The van der Waals surface area contributed by atoms with E-state index in [1.807, 2.05) is 49.4 Å². The standard InChI is InChI=1S/C30H38N2O3.CH2O/c1-2-24-17-18-32(21-28(24)34-22-23-11-5-3-6-12-23)20-27-19-31-29(35-27)30(33,26-15-9-10-16-26)25-13-7-4-8-14-25;1-2/h3-8,11-14,19,24,26,28,33H,2,9-10,15-18,20-22H2,1H3;1H2/p+1. The Morgan fingerprint density at radius 3 is 2.41 bits per heavy atom. The van der Waals surface area contributed by atoms with Crippen molar-refractivity contribution in [2.45, 2.75) is 70.3 Å². The first kappa shape index (κ1) is 27.2. The third-order valence-electron chi connectivity index (χ3n) is 8.18. The minimum absolute atomic E-state index is 0.139. The third-order valence-corrected chi connectivity index (χ3v) is 8.18. The Kier molecular flexibility index (Phi) is 9.67. The fourth-order valence-corrected chi connectivity index (χ4v) is 6.11. The van der Waals surface area contributed by atoms with Crippen molar-refractivity contribution in [3.63, 3.8) is 0 Å². The van der Waals surface area contributed by atoms with Crippen LogP contribution in [0.25, 0.3) is 0 Å². The van der Waals surface area contributed by atoms with Gasteiger partial charge in [-0.3, -0.25) is 0 Å². The van der Waals surface area contributed by atoms with Crippen molar-refractivity contribution in [1.29, 1.82) is 0 Å². The Morgan fingerprint density at radius 1 is 1.05 bits per heavy atom. The normalized spacial score (nSPS) is 23.7. The molecule has 0 radical (unpaired) electrons. The summed E-state index contributed by atoms with van der Waals surface area (Å²) in [5.74, 6) is 2.03. The predicted molar refractivity (Wildman–Crippen MR) is 143 cm³/mol. The number of nitrogens with one attached hydrogen (secondary N) is 1. The van der Waals surface area contributed by atoms with E-state index < -0.39 is 5.60 Å². The lowest BCUT2D eigenvalue weighted by atomic mass is 9.80. The third kappa shape index (κ3) is 6.38. The van der Waals surface area contributed by atoms with E-state index >= 15 is 0 Å². The molecule has 4 atom stereocenters. The maximum atomic E-state index is 12.0. The molecule has 1 saturated heterocycles. The average molecular weight is 506 g/mol. The van der Waals surface area contributed by atoms with Crippen LogP contribution in [-0.4, -0.2) is 36.1 Å². The Bertz CT molecular complexity index is 1070. The zero-order valence-electron chi connectivity index (χ0n) is 22.0. The number of nitrogens with zero attached hydrogens (tertiary/aromatic N) is 1. The molecule has 3 aromatic rings. The van der Waals surface area contributed by atoms with Gasteiger partial charge in [0.15, 0.2) is 11.4 Å². The van der Waals surface area contributed by atoms with Gasteiger partial charge >= 0.3 is 0 Å². The summed E-state index contributed by atoms with van der Waals surface area (Å²) in [7, 11) is 0. The molecule has 1 aliphatic heterocycles. The Morgan fingerprint density at radius 2 is 1.73 bits per heavy atom. The van der Waals surface area contributed by atoms with Crippen molar-refractivity contribution in [2.24, 2.45) is 11.8 Å². The van der Waals surface area contributed by atoms with Crippen molar-refractivity contribution < 1.29 is 24.0 Å². The van der Waals surface area contributed by atoms with Gasteiger partial charge in [0.2, 0.25) is 5.89 Å². The topological polar surface area (TPSA) is 77.0 Å². The van der Waals surface area contributed by atoms with E-state index in [9.17, 15) is 5.11 Å². The summed E-state index contributed by atoms with van der Waals surface area (Å²) in [6.45, 7) is 7.76. The van der Waals surface area contributed by atoms with Gasteiger partial charge in [-0.05, 0) is 29.9 Å². The molecule has 2 aliphatic rings. The zero-order valence-corrected chi connectivity index (χ0v) is 22.0. The molecule has 6 heteroatoms. The lowest BCUT2D eigenvalue weighted by Crippen LogP contribution is -3.13. The highest BCUT2D eigenvalue weighted by Crippen LogP contribution is 2.44. The molecule has 2 N–H and O–H groups in total. The summed E-state index contributed by atoms with van der Waals surface area (Å²) >= 11 is 0. The number of carbonyl (C=O) groups is 1. The van der Waals surface area contributed by atoms with Gasteiger partial charge in [0, 0.05) is 12.3 Å². The number of carbonyl (C=O) groups excluding carboxylic acids is 1. The number of rotatable bonds is 9. The van der Waals surface area contributed by atoms with Crippen LogP contribution in [0.1, 0.15) is 68.2 Å². The van der Waals surface area contributed by atoms with E-state index in [4.69, 9.17) is 13.9 Å². The van der Waals surface area contributed by atoms with E-state index in [1.165, 1.54) is 10.5 Å². The molecule has 2 heterocycles. The van der Waals surface area contributed by atoms with Crippen LogP contribution in [0, 0.1) is 11.8 Å². The summed E-state index contributed by atoms with van der Waals surface area (Å²) in [4.78, 5) is 14.1. The zero-order chi connectivity index (χ0) is 26.1. The van der Waals surface area contributed by atoms with Crippen LogP contribution in [0.5, 0.6) is 0 Å². The van der Waals surface area contributed by atoms with Gasteiger partial charge in [-0.1, -0.05) is 86.8 Å². The van der Waals surface area contributed by atoms with Gasteiger partial charge < -0.3 is 24.0 Å². The van der Waals surface area contributed by atoms with E-state index in [2.05, 4.69) is 36.2 Å². The van der Waals surface area contributed by atoms with Crippen molar-refractivity contribution in [3.05, 3.63) is 89.6 Å². The molecule has 1 saturated carbocycles. The Balaban J connectivity index is 0.00000156. The summed E-state index contributed by atoms with van der Waals surface area (Å²) in [6, 6.07) is 20.4. The van der Waals surface area contributed by atoms with Crippen molar-refractivity contribution in [1.82, 2.24) is 4.98 Å². The molecular formula is C31H41N2O4+. The van der Waals surface area contributed by atoms with E-state index in [1.54, 1.807) is 0 Å².